The van der Waals surface area contributed by atoms with E-state index in [1.165, 1.54) is 14.0 Å². The molecular weight excluding hydrogens is 348 g/mol. The van der Waals surface area contributed by atoms with Crippen LogP contribution in [0, 0.1) is 25.5 Å². The minimum atomic E-state index is -1.26. The van der Waals surface area contributed by atoms with E-state index in [0.29, 0.717) is 17.3 Å². The summed E-state index contributed by atoms with van der Waals surface area (Å²) >= 11 is 0. The number of rotatable bonds is 5. The van der Waals surface area contributed by atoms with Gasteiger partial charge < -0.3 is 14.5 Å². The van der Waals surface area contributed by atoms with Gasteiger partial charge in [0.1, 0.15) is 11.6 Å². The Kier molecular flexibility index (Phi) is 5.54. The molecule has 2 aromatic rings. The van der Waals surface area contributed by atoms with Gasteiger partial charge in [0.2, 0.25) is 5.78 Å². The average Bonchev–Trinajstić information content (AvgIpc) is 2.87. The number of halogens is 2. The van der Waals surface area contributed by atoms with Crippen LogP contribution < -0.4 is 0 Å². The van der Waals surface area contributed by atoms with Crippen molar-refractivity contribution in [1.29, 1.82) is 0 Å². The number of hydrogen-bond donors (Lipinski definition) is 1. The minimum Gasteiger partial charge on any atom is -0.465 e. The van der Waals surface area contributed by atoms with Crippen LogP contribution in [0.1, 0.15) is 49.4 Å². The lowest BCUT2D eigenvalue weighted by molar-refractivity contribution is 0.0312. The third kappa shape index (κ3) is 3.63. The number of esters is 2. The Morgan fingerprint density at radius 1 is 1.12 bits per heavy atom. The Morgan fingerprint density at radius 2 is 1.77 bits per heavy atom. The summed E-state index contributed by atoms with van der Waals surface area (Å²) in [6, 6.07) is 2.39. The number of carbonyl (C=O) groups is 3. The van der Waals surface area contributed by atoms with Crippen LogP contribution in [0.2, 0.25) is 0 Å². The number of aromatic nitrogens is 1. The molecule has 8 heteroatoms. The molecule has 0 saturated heterocycles. The zero-order valence-corrected chi connectivity index (χ0v) is 14.6. The minimum absolute atomic E-state index is 0.0859. The number of ketones is 1. The highest BCUT2D eigenvalue weighted by atomic mass is 19.1. The Bertz CT molecular complexity index is 888. The van der Waals surface area contributed by atoms with Gasteiger partial charge in [-0.25, -0.2) is 18.4 Å². The van der Waals surface area contributed by atoms with Gasteiger partial charge in [-0.2, -0.15) is 0 Å². The predicted molar refractivity (Wildman–Crippen MR) is 87.2 cm³/mol. The third-order valence-electron chi connectivity index (χ3n) is 3.88. The van der Waals surface area contributed by atoms with Crippen molar-refractivity contribution in [1.82, 2.24) is 4.98 Å². The SMILES string of the molecule is COC(=O)c1c(C)[nH]c(C(=O)C(C)OC(=O)c2ccc(F)cc2F)c1C. The van der Waals surface area contributed by atoms with Crippen LogP contribution in [-0.2, 0) is 9.47 Å². The first-order valence-corrected chi connectivity index (χ1v) is 7.65. The number of carbonyl (C=O) groups excluding carboxylic acids is 3. The number of ether oxygens (including phenoxy) is 2. The molecule has 1 aromatic carbocycles. The molecule has 1 heterocycles. The highest BCUT2D eigenvalue weighted by molar-refractivity contribution is 6.04. The molecular formula is C18H17F2NO5. The van der Waals surface area contributed by atoms with Crippen molar-refractivity contribution < 1.29 is 32.6 Å². The smallest absolute Gasteiger partial charge is 0.341 e. The van der Waals surface area contributed by atoms with E-state index in [9.17, 15) is 23.2 Å². The fraction of sp³-hybridized carbons (Fsp3) is 0.278. The molecule has 1 N–H and O–H groups in total. The fourth-order valence-corrected chi connectivity index (χ4v) is 2.54. The molecule has 138 valence electrons. The van der Waals surface area contributed by atoms with Crippen molar-refractivity contribution in [3.8, 4) is 0 Å². The third-order valence-corrected chi connectivity index (χ3v) is 3.88. The van der Waals surface area contributed by atoms with E-state index < -0.39 is 41.0 Å². The van der Waals surface area contributed by atoms with Gasteiger partial charge in [-0.15, -0.1) is 0 Å². The standard InChI is InChI=1S/C18H17F2NO5/c1-8-14(18(24)25-4)9(2)21-15(8)16(22)10(3)26-17(23)12-6-5-11(19)7-13(12)20/h5-7,10,21H,1-4H3. The highest BCUT2D eigenvalue weighted by Crippen LogP contribution is 2.21. The van der Waals surface area contributed by atoms with Crippen molar-refractivity contribution in [2.75, 3.05) is 7.11 Å². The van der Waals surface area contributed by atoms with Crippen molar-refractivity contribution >= 4 is 17.7 Å². The Hall–Kier alpha value is -3.03. The maximum atomic E-state index is 13.6. The molecule has 0 radical (unpaired) electrons. The summed E-state index contributed by atoms with van der Waals surface area (Å²) in [7, 11) is 1.22. The molecule has 26 heavy (non-hydrogen) atoms. The predicted octanol–water partition coefficient (Wildman–Crippen LogP) is 3.12. The van der Waals surface area contributed by atoms with Crippen molar-refractivity contribution in [3.63, 3.8) is 0 Å². The average molecular weight is 365 g/mol. The van der Waals surface area contributed by atoms with Crippen LogP contribution in [0.3, 0.4) is 0 Å². The molecule has 0 aliphatic heterocycles. The van der Waals surface area contributed by atoms with E-state index in [1.807, 2.05) is 0 Å². The molecule has 1 atom stereocenters. The first kappa shape index (κ1) is 19.3. The zero-order valence-electron chi connectivity index (χ0n) is 14.6. The number of aryl methyl sites for hydroxylation is 1. The van der Waals surface area contributed by atoms with Crippen LogP contribution in [0.4, 0.5) is 8.78 Å². The second-order valence-corrected chi connectivity index (χ2v) is 5.65. The Labute approximate surface area is 148 Å². The summed E-state index contributed by atoms with van der Waals surface area (Å²) in [5.74, 6) is -4.23. The van der Waals surface area contributed by atoms with Gasteiger partial charge >= 0.3 is 11.9 Å². The molecule has 1 unspecified atom stereocenters. The van der Waals surface area contributed by atoms with Crippen LogP contribution in [0.25, 0.3) is 0 Å². The van der Waals surface area contributed by atoms with Gasteiger partial charge in [0, 0.05) is 11.8 Å². The van der Waals surface area contributed by atoms with Crippen molar-refractivity contribution in [2.45, 2.75) is 26.9 Å². The molecule has 2 rings (SSSR count). The molecule has 6 nitrogen and oxygen atoms in total. The second-order valence-electron chi connectivity index (χ2n) is 5.65. The maximum absolute atomic E-state index is 13.6. The number of hydrogen-bond acceptors (Lipinski definition) is 5. The second kappa shape index (κ2) is 7.47. The first-order chi connectivity index (χ1) is 12.2. The van der Waals surface area contributed by atoms with E-state index >= 15 is 0 Å². The Morgan fingerprint density at radius 3 is 2.35 bits per heavy atom. The summed E-state index contributed by atoms with van der Waals surface area (Å²) in [4.78, 5) is 39.1. The van der Waals surface area contributed by atoms with Gasteiger partial charge in [0.05, 0.1) is 23.9 Å². The summed E-state index contributed by atoms with van der Waals surface area (Å²) in [5.41, 5.74) is 0.610. The van der Waals surface area contributed by atoms with Crippen LogP contribution in [0.15, 0.2) is 18.2 Å². The van der Waals surface area contributed by atoms with Gasteiger partial charge in [0.25, 0.3) is 0 Å². The highest BCUT2D eigenvalue weighted by Gasteiger charge is 2.28. The lowest BCUT2D eigenvalue weighted by Crippen LogP contribution is -2.26. The summed E-state index contributed by atoms with van der Waals surface area (Å²) in [6.45, 7) is 4.47. The lowest BCUT2D eigenvalue weighted by atomic mass is 10.1. The first-order valence-electron chi connectivity index (χ1n) is 7.65. The van der Waals surface area contributed by atoms with Crippen molar-refractivity contribution in [2.24, 2.45) is 0 Å². The fourth-order valence-electron chi connectivity index (χ4n) is 2.54. The Balaban J connectivity index is 2.22. The van der Waals surface area contributed by atoms with E-state index in [0.717, 1.165) is 12.1 Å². The molecule has 0 spiro atoms. The largest absolute Gasteiger partial charge is 0.465 e. The maximum Gasteiger partial charge on any atom is 0.341 e. The number of methoxy groups -OCH3 is 1. The number of Topliss-reactive ketones (excluding diaryl/α,β-unsaturated/α-hetero) is 1. The summed E-state index contributed by atoms with van der Waals surface area (Å²) in [5, 5.41) is 0. The quantitative estimate of drug-likeness (QED) is 0.650. The monoisotopic (exact) mass is 365 g/mol. The van der Waals surface area contributed by atoms with Crippen LogP contribution in [-0.4, -0.2) is 35.9 Å². The normalized spacial score (nSPS) is 11.8. The van der Waals surface area contributed by atoms with E-state index in [4.69, 9.17) is 4.74 Å². The van der Waals surface area contributed by atoms with E-state index in [2.05, 4.69) is 9.72 Å². The molecule has 0 fully saturated rings. The van der Waals surface area contributed by atoms with Crippen molar-refractivity contribution in [3.05, 3.63) is 57.9 Å². The number of H-pyrrole nitrogens is 1. The van der Waals surface area contributed by atoms with Gasteiger partial charge in [-0.3, -0.25) is 4.79 Å². The topological polar surface area (TPSA) is 85.5 Å². The molecule has 0 amide bonds. The molecule has 0 aliphatic carbocycles. The molecule has 1 aromatic heterocycles. The molecule has 0 bridgehead atoms. The number of benzene rings is 1. The van der Waals surface area contributed by atoms with Crippen LogP contribution in [0.5, 0.6) is 0 Å². The zero-order chi connectivity index (χ0) is 19.6. The number of aromatic amines is 1. The van der Waals surface area contributed by atoms with Gasteiger partial charge in [-0.1, -0.05) is 0 Å². The molecule has 0 aliphatic rings. The summed E-state index contributed by atoms with van der Waals surface area (Å²) in [6.07, 6.45) is -1.26. The number of nitrogens with one attached hydrogen (secondary N) is 1. The van der Waals surface area contributed by atoms with Gasteiger partial charge in [-0.05, 0) is 38.5 Å². The van der Waals surface area contributed by atoms with Gasteiger partial charge in [0.15, 0.2) is 6.10 Å². The lowest BCUT2D eigenvalue weighted by Gasteiger charge is -2.12. The summed E-state index contributed by atoms with van der Waals surface area (Å²) < 4.78 is 36.2. The molecule has 0 saturated carbocycles. The van der Waals surface area contributed by atoms with E-state index in [-0.39, 0.29) is 11.3 Å². The van der Waals surface area contributed by atoms with E-state index in [1.54, 1.807) is 13.8 Å². The van der Waals surface area contributed by atoms with Crippen LogP contribution >= 0.6 is 0 Å².